The fourth-order valence-corrected chi connectivity index (χ4v) is 3.18. The van der Waals surface area contributed by atoms with Crippen LogP contribution in [0.3, 0.4) is 0 Å². The molecule has 0 aliphatic carbocycles. The maximum Gasteiger partial charge on any atom is 0.252 e. The number of pyridine rings is 1. The van der Waals surface area contributed by atoms with Gasteiger partial charge in [0.2, 0.25) is 0 Å². The van der Waals surface area contributed by atoms with Crippen molar-refractivity contribution in [1.82, 2.24) is 4.98 Å². The van der Waals surface area contributed by atoms with E-state index in [1.54, 1.807) is 23.9 Å². The molecule has 3 aromatic rings. The molecule has 1 heterocycles. The van der Waals surface area contributed by atoms with Gasteiger partial charge in [0, 0.05) is 20.9 Å². The summed E-state index contributed by atoms with van der Waals surface area (Å²) in [6, 6.07) is 12.6. The van der Waals surface area contributed by atoms with Crippen LogP contribution in [0.5, 0.6) is 5.75 Å². The normalized spacial score (nSPS) is 10.8. The van der Waals surface area contributed by atoms with E-state index in [0.29, 0.717) is 15.9 Å². The molecule has 0 fully saturated rings. The van der Waals surface area contributed by atoms with E-state index in [0.717, 1.165) is 21.4 Å². The summed E-state index contributed by atoms with van der Waals surface area (Å²) in [6.07, 6.45) is 2.01. The molecule has 0 aliphatic rings. The molecule has 0 unspecified atom stereocenters. The first-order valence-electron chi connectivity index (χ1n) is 7.33. The molecule has 7 heteroatoms. The lowest BCUT2D eigenvalue weighted by Crippen LogP contribution is -2.13. The highest BCUT2D eigenvalue weighted by Crippen LogP contribution is 2.27. The number of primary amides is 1. The Bertz CT molecular complexity index is 963. The van der Waals surface area contributed by atoms with E-state index in [-0.39, 0.29) is 12.2 Å². The van der Waals surface area contributed by atoms with Crippen LogP contribution in [0.25, 0.3) is 10.9 Å². The van der Waals surface area contributed by atoms with Crippen molar-refractivity contribution in [3.8, 4) is 5.75 Å². The van der Waals surface area contributed by atoms with E-state index in [1.165, 1.54) is 6.07 Å². The lowest BCUT2D eigenvalue weighted by Gasteiger charge is -2.12. The van der Waals surface area contributed by atoms with Gasteiger partial charge in [0.15, 0.2) is 0 Å². The SMILES string of the molecule is CSc1ccc2cc(COc3ccc(Cl)cc3C(N)=O)c(Cl)nc2c1. The van der Waals surface area contributed by atoms with E-state index in [2.05, 4.69) is 4.98 Å². The van der Waals surface area contributed by atoms with Crippen LogP contribution < -0.4 is 10.5 Å². The van der Waals surface area contributed by atoms with Gasteiger partial charge in [0.05, 0.1) is 11.1 Å². The zero-order valence-electron chi connectivity index (χ0n) is 13.3. The number of nitrogens with zero attached hydrogens (tertiary/aromatic N) is 1. The van der Waals surface area contributed by atoms with Crippen molar-refractivity contribution >= 4 is 51.8 Å². The second-order valence-corrected chi connectivity index (χ2v) is 6.96. The van der Waals surface area contributed by atoms with E-state index in [4.69, 9.17) is 33.7 Å². The molecule has 1 aromatic heterocycles. The highest BCUT2D eigenvalue weighted by molar-refractivity contribution is 7.98. The van der Waals surface area contributed by atoms with Crippen molar-refractivity contribution in [2.24, 2.45) is 5.73 Å². The number of hydrogen-bond acceptors (Lipinski definition) is 4. The molecule has 1 amide bonds. The Morgan fingerprint density at radius 3 is 2.72 bits per heavy atom. The Morgan fingerprint density at radius 2 is 2.00 bits per heavy atom. The molecule has 0 radical (unpaired) electrons. The Balaban J connectivity index is 1.89. The third-order valence-corrected chi connectivity index (χ3v) is 4.93. The number of halogens is 2. The minimum atomic E-state index is -0.607. The molecule has 0 saturated carbocycles. The fourth-order valence-electron chi connectivity index (χ4n) is 2.37. The molecule has 3 rings (SSSR count). The maximum atomic E-state index is 11.5. The summed E-state index contributed by atoms with van der Waals surface area (Å²) < 4.78 is 5.73. The molecule has 0 spiro atoms. The van der Waals surface area contributed by atoms with Crippen LogP contribution in [0.2, 0.25) is 10.2 Å². The average Bonchev–Trinajstić information content (AvgIpc) is 2.60. The number of thioether (sulfide) groups is 1. The molecular weight excluding hydrogens is 379 g/mol. The predicted molar refractivity (Wildman–Crippen MR) is 103 cm³/mol. The molecule has 128 valence electrons. The lowest BCUT2D eigenvalue weighted by atomic mass is 10.1. The third-order valence-electron chi connectivity index (χ3n) is 3.64. The van der Waals surface area contributed by atoms with Crippen LogP contribution in [-0.4, -0.2) is 17.1 Å². The average molecular weight is 393 g/mol. The van der Waals surface area contributed by atoms with Crippen molar-refractivity contribution in [3.63, 3.8) is 0 Å². The van der Waals surface area contributed by atoms with Crippen molar-refractivity contribution < 1.29 is 9.53 Å². The Labute approximate surface area is 159 Å². The minimum absolute atomic E-state index is 0.161. The lowest BCUT2D eigenvalue weighted by molar-refractivity contribution is 0.0996. The summed E-state index contributed by atoms with van der Waals surface area (Å²) in [4.78, 5) is 17.1. The van der Waals surface area contributed by atoms with Crippen LogP contribution in [0.1, 0.15) is 15.9 Å². The van der Waals surface area contributed by atoms with Gasteiger partial charge in [-0.25, -0.2) is 4.98 Å². The molecule has 0 aliphatic heterocycles. The maximum absolute atomic E-state index is 11.5. The molecule has 2 aromatic carbocycles. The van der Waals surface area contributed by atoms with Crippen LogP contribution in [-0.2, 0) is 6.61 Å². The van der Waals surface area contributed by atoms with Gasteiger partial charge in [-0.05, 0) is 42.7 Å². The molecule has 0 saturated heterocycles. The second kappa shape index (κ2) is 7.52. The van der Waals surface area contributed by atoms with Crippen molar-refractivity contribution in [2.75, 3.05) is 6.26 Å². The van der Waals surface area contributed by atoms with Crippen molar-refractivity contribution in [3.05, 3.63) is 63.8 Å². The zero-order chi connectivity index (χ0) is 18.0. The standard InChI is InChI=1S/C18H14Cl2N2O2S/c1-25-13-4-2-10-6-11(17(20)22-15(10)8-13)9-24-16-5-3-12(19)7-14(16)18(21)23/h2-8H,9H2,1H3,(H2,21,23). The van der Waals surface area contributed by atoms with Crippen LogP contribution in [0, 0.1) is 0 Å². The highest BCUT2D eigenvalue weighted by Gasteiger charge is 2.12. The van der Waals surface area contributed by atoms with Gasteiger partial charge in [-0.2, -0.15) is 0 Å². The monoisotopic (exact) mass is 392 g/mol. The minimum Gasteiger partial charge on any atom is -0.488 e. The predicted octanol–water partition coefficient (Wildman–Crippen LogP) is 4.94. The Hall–Kier alpha value is -1.95. The van der Waals surface area contributed by atoms with Gasteiger partial charge < -0.3 is 10.5 Å². The number of rotatable bonds is 5. The van der Waals surface area contributed by atoms with Crippen LogP contribution in [0.4, 0.5) is 0 Å². The summed E-state index contributed by atoms with van der Waals surface area (Å²) in [5.41, 5.74) is 7.13. The largest absolute Gasteiger partial charge is 0.488 e. The van der Waals surface area contributed by atoms with E-state index >= 15 is 0 Å². The number of benzene rings is 2. The molecule has 0 bridgehead atoms. The molecule has 0 atom stereocenters. The van der Waals surface area contributed by atoms with E-state index in [1.807, 2.05) is 30.5 Å². The van der Waals surface area contributed by atoms with Crippen LogP contribution >= 0.6 is 35.0 Å². The van der Waals surface area contributed by atoms with Gasteiger partial charge in [0.1, 0.15) is 17.5 Å². The number of ether oxygens (including phenoxy) is 1. The Kier molecular flexibility index (Phi) is 5.37. The first kappa shape index (κ1) is 17.9. The quantitative estimate of drug-likeness (QED) is 0.493. The number of hydrogen-bond donors (Lipinski definition) is 1. The summed E-state index contributed by atoms with van der Waals surface area (Å²) in [7, 11) is 0. The summed E-state index contributed by atoms with van der Waals surface area (Å²) >= 11 is 13.8. The molecule has 4 nitrogen and oxygen atoms in total. The number of nitrogens with two attached hydrogens (primary N) is 1. The molecule has 25 heavy (non-hydrogen) atoms. The number of fused-ring (bicyclic) bond motifs is 1. The second-order valence-electron chi connectivity index (χ2n) is 5.29. The van der Waals surface area contributed by atoms with Crippen molar-refractivity contribution in [1.29, 1.82) is 0 Å². The number of carbonyl (C=O) groups excluding carboxylic acids is 1. The number of amides is 1. The molecular formula is C18H14Cl2N2O2S. The first-order chi connectivity index (χ1) is 12.0. The van der Waals surface area contributed by atoms with Gasteiger partial charge in [-0.3, -0.25) is 4.79 Å². The van der Waals surface area contributed by atoms with Gasteiger partial charge in [-0.1, -0.05) is 29.3 Å². The summed E-state index contributed by atoms with van der Waals surface area (Å²) in [5.74, 6) is -0.254. The fraction of sp³-hybridized carbons (Fsp3) is 0.111. The summed E-state index contributed by atoms with van der Waals surface area (Å²) in [5, 5.41) is 1.74. The first-order valence-corrected chi connectivity index (χ1v) is 9.31. The van der Waals surface area contributed by atoms with Crippen molar-refractivity contribution in [2.45, 2.75) is 11.5 Å². The number of carbonyl (C=O) groups is 1. The third kappa shape index (κ3) is 4.00. The topological polar surface area (TPSA) is 65.2 Å². The Morgan fingerprint density at radius 1 is 1.20 bits per heavy atom. The molecule has 2 N–H and O–H groups in total. The van der Waals surface area contributed by atoms with E-state index < -0.39 is 5.91 Å². The summed E-state index contributed by atoms with van der Waals surface area (Å²) in [6.45, 7) is 0.161. The number of aromatic nitrogens is 1. The zero-order valence-corrected chi connectivity index (χ0v) is 15.6. The van der Waals surface area contributed by atoms with Gasteiger partial charge in [-0.15, -0.1) is 11.8 Å². The van der Waals surface area contributed by atoms with Gasteiger partial charge >= 0.3 is 0 Å². The smallest absolute Gasteiger partial charge is 0.252 e. The van der Waals surface area contributed by atoms with Crippen LogP contribution in [0.15, 0.2) is 47.4 Å². The highest BCUT2D eigenvalue weighted by atomic mass is 35.5. The van der Waals surface area contributed by atoms with E-state index in [9.17, 15) is 4.79 Å². The van der Waals surface area contributed by atoms with Gasteiger partial charge in [0.25, 0.3) is 5.91 Å².